The zero-order valence-electron chi connectivity index (χ0n) is 9.29. The molecule has 0 saturated carbocycles. The maximum absolute atomic E-state index is 13.4. The van der Waals surface area contributed by atoms with E-state index in [2.05, 4.69) is 36.6 Å². The van der Waals surface area contributed by atoms with Gasteiger partial charge < -0.3 is 10.5 Å². The molecule has 96 valence electrons. The van der Waals surface area contributed by atoms with Crippen molar-refractivity contribution < 1.29 is 9.13 Å². The van der Waals surface area contributed by atoms with Crippen molar-refractivity contribution in [3.63, 3.8) is 0 Å². The van der Waals surface area contributed by atoms with E-state index < -0.39 is 5.82 Å². The molecule has 0 aliphatic carbocycles. The molecule has 2 N–H and O–H groups in total. The van der Waals surface area contributed by atoms with Gasteiger partial charge in [0.1, 0.15) is 5.82 Å². The fourth-order valence-corrected chi connectivity index (χ4v) is 1.79. The molecule has 2 heterocycles. The van der Waals surface area contributed by atoms with E-state index in [9.17, 15) is 4.39 Å². The van der Waals surface area contributed by atoms with Gasteiger partial charge in [0.05, 0.1) is 10.2 Å². The molecule has 0 atom stereocenters. The van der Waals surface area contributed by atoms with E-state index in [1.807, 2.05) is 0 Å². The van der Waals surface area contributed by atoms with Crippen molar-refractivity contribution in [2.75, 3.05) is 5.73 Å². The molecule has 3 aromatic rings. The zero-order chi connectivity index (χ0) is 13.4. The molecule has 0 bridgehead atoms. The lowest BCUT2D eigenvalue weighted by molar-refractivity contribution is 0.445. The molecule has 7 nitrogen and oxygen atoms in total. The number of nitrogen functional groups attached to an aromatic ring is 1. The van der Waals surface area contributed by atoms with Crippen LogP contribution >= 0.6 is 15.9 Å². The summed E-state index contributed by atoms with van der Waals surface area (Å²) >= 11 is 3.04. The molecular weight excluding hydrogens is 319 g/mol. The largest absolute Gasteiger partial charge is 0.435 e. The molecule has 0 aliphatic rings. The molecule has 19 heavy (non-hydrogen) atoms. The summed E-state index contributed by atoms with van der Waals surface area (Å²) in [5, 5.41) is 14.8. The van der Waals surface area contributed by atoms with E-state index in [0.717, 1.165) is 0 Å². The van der Waals surface area contributed by atoms with Crippen molar-refractivity contribution in [3.8, 4) is 11.6 Å². The predicted octanol–water partition coefficient (Wildman–Crippen LogP) is 1.80. The van der Waals surface area contributed by atoms with E-state index in [-0.39, 0.29) is 21.8 Å². The monoisotopic (exact) mass is 324 g/mol. The van der Waals surface area contributed by atoms with Crippen molar-refractivity contribution in [2.24, 2.45) is 0 Å². The average Bonchev–Trinajstić information content (AvgIpc) is 2.83. The average molecular weight is 325 g/mol. The third-order valence-corrected chi connectivity index (χ3v) is 2.92. The fraction of sp³-hybridized carbons (Fsp3) is 0. The molecule has 0 spiro atoms. The number of rotatable bonds is 2. The number of hydrogen-bond acceptors (Lipinski definition) is 6. The Labute approximate surface area is 114 Å². The van der Waals surface area contributed by atoms with Crippen LogP contribution in [0.4, 0.5) is 10.1 Å². The van der Waals surface area contributed by atoms with E-state index in [1.165, 1.54) is 16.8 Å². The van der Waals surface area contributed by atoms with Gasteiger partial charge in [-0.3, -0.25) is 0 Å². The molecule has 0 aliphatic heterocycles. The second-order valence-corrected chi connectivity index (χ2v) is 4.46. The van der Waals surface area contributed by atoms with Gasteiger partial charge in [0.25, 0.3) is 0 Å². The molecule has 0 fully saturated rings. The minimum atomic E-state index is -0.479. The SMILES string of the molecule is Nc1cc(Br)c(F)cc1Oc1ccc2nnnn2n1. The number of benzene rings is 1. The first-order chi connectivity index (χ1) is 9.13. The van der Waals surface area contributed by atoms with E-state index in [4.69, 9.17) is 10.5 Å². The molecule has 1 aromatic carbocycles. The number of fused-ring (bicyclic) bond motifs is 1. The molecule has 0 amide bonds. The number of aromatic nitrogens is 5. The van der Waals surface area contributed by atoms with Gasteiger partial charge in [-0.25, -0.2) is 4.39 Å². The zero-order valence-corrected chi connectivity index (χ0v) is 10.9. The van der Waals surface area contributed by atoms with Crippen molar-refractivity contribution in [1.29, 1.82) is 0 Å². The Morgan fingerprint density at radius 3 is 3.00 bits per heavy atom. The second-order valence-electron chi connectivity index (χ2n) is 3.60. The maximum Gasteiger partial charge on any atom is 0.239 e. The summed E-state index contributed by atoms with van der Waals surface area (Å²) in [7, 11) is 0. The van der Waals surface area contributed by atoms with Gasteiger partial charge in [0.2, 0.25) is 5.88 Å². The number of nitrogens with two attached hydrogens (primary N) is 1. The summed E-state index contributed by atoms with van der Waals surface area (Å²) in [6.07, 6.45) is 0. The van der Waals surface area contributed by atoms with Crippen LogP contribution in [-0.2, 0) is 0 Å². The van der Waals surface area contributed by atoms with Crippen LogP contribution in [0.3, 0.4) is 0 Å². The van der Waals surface area contributed by atoms with Crippen LogP contribution in [-0.4, -0.2) is 25.3 Å². The predicted molar refractivity (Wildman–Crippen MR) is 67.2 cm³/mol. The Balaban J connectivity index is 1.98. The van der Waals surface area contributed by atoms with Crippen LogP contribution in [0.15, 0.2) is 28.7 Å². The smallest absolute Gasteiger partial charge is 0.239 e. The number of ether oxygens (including phenoxy) is 1. The highest BCUT2D eigenvalue weighted by Crippen LogP contribution is 2.31. The summed E-state index contributed by atoms with van der Waals surface area (Å²) in [5.41, 5.74) is 6.49. The lowest BCUT2D eigenvalue weighted by Gasteiger charge is -2.08. The highest BCUT2D eigenvalue weighted by atomic mass is 79.9. The summed E-state index contributed by atoms with van der Waals surface area (Å²) in [6, 6.07) is 5.77. The molecule has 9 heteroatoms. The Morgan fingerprint density at radius 1 is 1.32 bits per heavy atom. The highest BCUT2D eigenvalue weighted by Gasteiger charge is 2.09. The van der Waals surface area contributed by atoms with Gasteiger partial charge in [-0.15, -0.1) is 14.8 Å². The van der Waals surface area contributed by atoms with Crippen molar-refractivity contribution in [1.82, 2.24) is 25.3 Å². The number of halogens is 2. The molecule has 2 aromatic heterocycles. The number of nitrogens with zero attached hydrogens (tertiary/aromatic N) is 5. The topological polar surface area (TPSA) is 91.2 Å². The molecule has 0 saturated heterocycles. The van der Waals surface area contributed by atoms with E-state index >= 15 is 0 Å². The third kappa shape index (κ3) is 2.19. The van der Waals surface area contributed by atoms with Crippen LogP contribution in [0.2, 0.25) is 0 Å². The van der Waals surface area contributed by atoms with Crippen LogP contribution in [0.25, 0.3) is 5.65 Å². The lowest BCUT2D eigenvalue weighted by atomic mass is 10.3. The highest BCUT2D eigenvalue weighted by molar-refractivity contribution is 9.10. The lowest BCUT2D eigenvalue weighted by Crippen LogP contribution is -1.99. The van der Waals surface area contributed by atoms with Gasteiger partial charge in [-0.2, -0.15) is 0 Å². The third-order valence-electron chi connectivity index (χ3n) is 2.31. The Hall–Kier alpha value is -2.29. The molecule has 3 rings (SSSR count). The van der Waals surface area contributed by atoms with Gasteiger partial charge >= 0.3 is 0 Å². The molecule has 0 unspecified atom stereocenters. The summed E-state index contributed by atoms with van der Waals surface area (Å²) < 4.78 is 20.3. The number of tetrazole rings is 1. The fourth-order valence-electron chi connectivity index (χ4n) is 1.43. The minimum absolute atomic E-state index is 0.167. The normalized spacial score (nSPS) is 10.8. The van der Waals surface area contributed by atoms with E-state index in [1.54, 1.807) is 12.1 Å². The van der Waals surface area contributed by atoms with Crippen LogP contribution in [0.5, 0.6) is 11.6 Å². The van der Waals surface area contributed by atoms with Crippen molar-refractivity contribution in [3.05, 3.63) is 34.6 Å². The van der Waals surface area contributed by atoms with Crippen LogP contribution in [0, 0.1) is 5.82 Å². The summed E-state index contributed by atoms with van der Waals surface area (Å²) in [4.78, 5) is 0. The van der Waals surface area contributed by atoms with E-state index in [0.29, 0.717) is 5.65 Å². The quantitative estimate of drug-likeness (QED) is 0.723. The standard InChI is InChI=1S/C10H6BrFN6O/c11-5-3-7(13)8(4-6(5)12)19-10-2-1-9-14-16-17-18(9)15-10/h1-4H,13H2. The Bertz CT molecular complexity index is 761. The van der Waals surface area contributed by atoms with Crippen LogP contribution < -0.4 is 10.5 Å². The molecule has 0 radical (unpaired) electrons. The number of anilines is 1. The van der Waals surface area contributed by atoms with Gasteiger partial charge in [-0.05, 0) is 38.5 Å². The number of hydrogen-bond donors (Lipinski definition) is 1. The van der Waals surface area contributed by atoms with Crippen molar-refractivity contribution >= 4 is 27.3 Å². The van der Waals surface area contributed by atoms with Gasteiger partial charge in [0.15, 0.2) is 11.4 Å². The summed E-state index contributed by atoms with van der Waals surface area (Å²) in [5.74, 6) is -0.110. The first-order valence-electron chi connectivity index (χ1n) is 5.11. The Kier molecular flexibility index (Phi) is 2.75. The van der Waals surface area contributed by atoms with Crippen molar-refractivity contribution in [2.45, 2.75) is 0 Å². The van der Waals surface area contributed by atoms with Crippen LogP contribution in [0.1, 0.15) is 0 Å². The Morgan fingerprint density at radius 2 is 2.16 bits per heavy atom. The molecular formula is C10H6BrFN6O. The first kappa shape index (κ1) is 11.8. The summed E-state index contributed by atoms with van der Waals surface area (Å²) in [6.45, 7) is 0. The maximum atomic E-state index is 13.4. The van der Waals surface area contributed by atoms with Gasteiger partial charge in [-0.1, -0.05) is 0 Å². The first-order valence-corrected chi connectivity index (χ1v) is 5.90. The second kappa shape index (κ2) is 4.43. The van der Waals surface area contributed by atoms with Gasteiger partial charge in [0, 0.05) is 12.1 Å². The minimum Gasteiger partial charge on any atom is -0.435 e.